The maximum absolute atomic E-state index is 15.0. The summed E-state index contributed by atoms with van der Waals surface area (Å²) < 4.78 is 33.9. The van der Waals surface area contributed by atoms with Crippen molar-refractivity contribution in [2.45, 2.75) is 31.7 Å². The van der Waals surface area contributed by atoms with Gasteiger partial charge in [-0.2, -0.15) is 5.26 Å². The summed E-state index contributed by atoms with van der Waals surface area (Å²) in [7, 11) is 1.38. The van der Waals surface area contributed by atoms with E-state index in [1.165, 1.54) is 19.2 Å². The molecule has 2 bridgehead atoms. The van der Waals surface area contributed by atoms with E-state index in [2.05, 4.69) is 15.3 Å². The van der Waals surface area contributed by atoms with Gasteiger partial charge in [-0.15, -0.1) is 0 Å². The number of nitrogens with zero attached hydrogens (tertiary/aromatic N) is 2. The summed E-state index contributed by atoms with van der Waals surface area (Å²) in [4.78, 5) is 19.5. The number of rotatable bonds is 4. The molecule has 8 heteroatoms. The number of carbonyl (C=O) groups is 1. The van der Waals surface area contributed by atoms with E-state index in [1.54, 1.807) is 12.3 Å². The standard InChI is InChI=1S/C24H22F2N4O2/c1-32-24(31)21-12-2-4-13(5-3-12)22(21)30-20-8-16(14(9-27)6-19(20)26)18-11-29-23-17(18)7-15(25)10-28-23/h6-8,10-13,21-22,30H,2-5H2,1H3,(H,28,29)/t12?,13?,21-,22-/m0/s1. The van der Waals surface area contributed by atoms with Crippen LogP contribution in [0.3, 0.4) is 0 Å². The highest BCUT2D eigenvalue weighted by Gasteiger charge is 2.48. The summed E-state index contributed by atoms with van der Waals surface area (Å²) >= 11 is 0. The minimum absolute atomic E-state index is 0.132. The fraction of sp³-hybridized carbons (Fsp3) is 0.375. The van der Waals surface area contributed by atoms with E-state index in [4.69, 9.17) is 4.74 Å². The van der Waals surface area contributed by atoms with E-state index in [0.29, 0.717) is 22.2 Å². The predicted molar refractivity (Wildman–Crippen MR) is 115 cm³/mol. The van der Waals surface area contributed by atoms with Crippen molar-refractivity contribution in [3.63, 3.8) is 0 Å². The summed E-state index contributed by atoms with van der Waals surface area (Å²) in [5.74, 6) is -1.22. The number of halogens is 2. The lowest BCUT2D eigenvalue weighted by Gasteiger charge is -2.47. The number of anilines is 1. The lowest BCUT2D eigenvalue weighted by Crippen LogP contribution is -2.51. The van der Waals surface area contributed by atoms with Gasteiger partial charge < -0.3 is 15.0 Å². The number of carbonyl (C=O) groups excluding carboxylic acids is 1. The predicted octanol–water partition coefficient (Wildman–Crippen LogP) is 4.77. The Hall–Kier alpha value is -3.47. The van der Waals surface area contributed by atoms with Crippen LogP contribution in [0, 0.1) is 40.7 Å². The average Bonchev–Trinajstić information content (AvgIpc) is 3.23. The van der Waals surface area contributed by atoms with Crippen molar-refractivity contribution < 1.29 is 18.3 Å². The number of pyridine rings is 1. The topological polar surface area (TPSA) is 90.8 Å². The maximum Gasteiger partial charge on any atom is 0.311 e. The maximum atomic E-state index is 15.0. The van der Waals surface area contributed by atoms with Gasteiger partial charge in [-0.3, -0.25) is 4.79 Å². The third kappa shape index (κ3) is 3.29. The number of esters is 1. The second-order valence-electron chi connectivity index (χ2n) is 8.64. The van der Waals surface area contributed by atoms with Crippen LogP contribution in [0.5, 0.6) is 0 Å². The number of hydrogen-bond acceptors (Lipinski definition) is 5. The highest BCUT2D eigenvalue weighted by molar-refractivity contribution is 5.95. The number of ether oxygens (including phenoxy) is 1. The fourth-order valence-electron chi connectivity index (χ4n) is 5.51. The fourth-order valence-corrected chi connectivity index (χ4v) is 5.51. The van der Waals surface area contributed by atoms with Gasteiger partial charge in [0.25, 0.3) is 0 Å². The Morgan fingerprint density at radius 3 is 2.66 bits per heavy atom. The summed E-state index contributed by atoms with van der Waals surface area (Å²) in [6.45, 7) is 0. The molecule has 0 unspecified atom stereocenters. The normalized spacial score (nSPS) is 24.3. The molecule has 3 aromatic rings. The van der Waals surface area contributed by atoms with Gasteiger partial charge in [-0.25, -0.2) is 13.8 Å². The molecule has 3 aliphatic carbocycles. The van der Waals surface area contributed by atoms with Crippen LogP contribution in [-0.4, -0.2) is 29.1 Å². The number of aromatic nitrogens is 2. The van der Waals surface area contributed by atoms with Gasteiger partial charge in [0, 0.05) is 28.8 Å². The second-order valence-corrected chi connectivity index (χ2v) is 8.64. The van der Waals surface area contributed by atoms with Gasteiger partial charge in [0.05, 0.1) is 36.5 Å². The van der Waals surface area contributed by atoms with E-state index in [-0.39, 0.29) is 41.0 Å². The molecular weight excluding hydrogens is 414 g/mol. The molecule has 3 saturated carbocycles. The lowest BCUT2D eigenvalue weighted by molar-refractivity contribution is -0.152. The molecule has 0 aliphatic heterocycles. The number of hydrogen-bond donors (Lipinski definition) is 2. The first-order valence-electron chi connectivity index (χ1n) is 10.7. The summed E-state index contributed by atoms with van der Waals surface area (Å²) in [5.41, 5.74) is 1.84. The molecule has 0 spiro atoms. The average molecular weight is 436 g/mol. The van der Waals surface area contributed by atoms with Gasteiger partial charge in [0.2, 0.25) is 0 Å². The third-order valence-electron chi connectivity index (χ3n) is 7.03. The van der Waals surface area contributed by atoms with Crippen molar-refractivity contribution in [1.29, 1.82) is 5.26 Å². The number of benzene rings is 1. The minimum atomic E-state index is -0.570. The molecule has 2 aromatic heterocycles. The molecule has 6 rings (SSSR count). The van der Waals surface area contributed by atoms with Crippen LogP contribution in [0.15, 0.2) is 30.6 Å². The van der Waals surface area contributed by atoms with Crippen LogP contribution < -0.4 is 5.32 Å². The Morgan fingerprint density at radius 2 is 1.94 bits per heavy atom. The molecular formula is C24H22F2N4O2. The van der Waals surface area contributed by atoms with Gasteiger partial charge in [-0.1, -0.05) is 0 Å². The number of aromatic amines is 1. The van der Waals surface area contributed by atoms with E-state index < -0.39 is 11.6 Å². The first kappa shape index (κ1) is 20.4. The van der Waals surface area contributed by atoms with Gasteiger partial charge in [0.1, 0.15) is 17.3 Å². The zero-order chi connectivity index (χ0) is 22.4. The number of fused-ring (bicyclic) bond motifs is 4. The van der Waals surface area contributed by atoms with Crippen molar-refractivity contribution >= 4 is 22.7 Å². The molecule has 0 radical (unpaired) electrons. The largest absolute Gasteiger partial charge is 0.469 e. The van der Waals surface area contributed by atoms with Crippen LogP contribution in [-0.2, 0) is 9.53 Å². The molecule has 3 fully saturated rings. The summed E-state index contributed by atoms with van der Waals surface area (Å²) in [6, 6.07) is 5.86. The van der Waals surface area contributed by atoms with E-state index in [1.807, 2.05) is 6.07 Å². The first-order chi connectivity index (χ1) is 15.5. The number of nitrogens with one attached hydrogen (secondary N) is 2. The summed E-state index contributed by atoms with van der Waals surface area (Å²) in [5, 5.41) is 13.4. The zero-order valence-electron chi connectivity index (χ0n) is 17.5. The van der Waals surface area contributed by atoms with Crippen LogP contribution >= 0.6 is 0 Å². The van der Waals surface area contributed by atoms with E-state index in [9.17, 15) is 14.4 Å². The van der Waals surface area contributed by atoms with Crippen molar-refractivity contribution in [3.8, 4) is 17.2 Å². The third-order valence-corrected chi connectivity index (χ3v) is 7.03. The molecule has 0 amide bonds. The monoisotopic (exact) mass is 436 g/mol. The Morgan fingerprint density at radius 1 is 1.19 bits per heavy atom. The lowest BCUT2D eigenvalue weighted by atomic mass is 9.61. The SMILES string of the molecule is COC(=O)[C@H]1C2CCC(CC2)[C@@H]1Nc1cc(-c2c[nH]c3ncc(F)cc23)c(C#N)cc1F. The Bertz CT molecular complexity index is 1240. The van der Waals surface area contributed by atoms with Crippen LogP contribution in [0.4, 0.5) is 14.5 Å². The second kappa shape index (κ2) is 7.90. The molecule has 1 aromatic carbocycles. The van der Waals surface area contributed by atoms with Crippen molar-refractivity contribution in [2.75, 3.05) is 12.4 Å². The van der Waals surface area contributed by atoms with Crippen LogP contribution in [0.2, 0.25) is 0 Å². The Kier molecular flexibility index (Phi) is 5.04. The Labute approximate surface area is 183 Å². The highest BCUT2D eigenvalue weighted by atomic mass is 19.1. The first-order valence-corrected chi connectivity index (χ1v) is 10.7. The number of H-pyrrole nitrogens is 1. The van der Waals surface area contributed by atoms with Crippen molar-refractivity contribution in [3.05, 3.63) is 47.8 Å². The molecule has 3 aliphatic rings. The minimum Gasteiger partial charge on any atom is -0.469 e. The Balaban J connectivity index is 1.57. The van der Waals surface area contributed by atoms with Gasteiger partial charge >= 0.3 is 5.97 Å². The molecule has 32 heavy (non-hydrogen) atoms. The van der Waals surface area contributed by atoms with Gasteiger partial charge in [0.15, 0.2) is 0 Å². The van der Waals surface area contributed by atoms with Crippen molar-refractivity contribution in [2.24, 2.45) is 17.8 Å². The van der Waals surface area contributed by atoms with Gasteiger partial charge in [-0.05, 0) is 55.7 Å². The van der Waals surface area contributed by atoms with E-state index >= 15 is 4.39 Å². The zero-order valence-corrected chi connectivity index (χ0v) is 17.5. The number of methoxy groups -OCH3 is 1. The highest BCUT2D eigenvalue weighted by Crippen LogP contribution is 2.47. The quantitative estimate of drug-likeness (QED) is 0.575. The number of nitriles is 1. The van der Waals surface area contributed by atoms with Crippen LogP contribution in [0.1, 0.15) is 31.2 Å². The molecule has 2 N–H and O–H groups in total. The van der Waals surface area contributed by atoms with Crippen molar-refractivity contribution in [1.82, 2.24) is 9.97 Å². The van der Waals surface area contributed by atoms with E-state index in [0.717, 1.165) is 31.9 Å². The molecule has 0 saturated heterocycles. The smallest absolute Gasteiger partial charge is 0.311 e. The molecule has 6 nitrogen and oxygen atoms in total. The molecule has 2 atom stereocenters. The molecule has 164 valence electrons. The summed E-state index contributed by atoms with van der Waals surface area (Å²) in [6.07, 6.45) is 6.64. The van der Waals surface area contributed by atoms with Crippen LogP contribution in [0.25, 0.3) is 22.2 Å². The molecule has 2 heterocycles.